The van der Waals surface area contributed by atoms with E-state index in [4.69, 9.17) is 22.1 Å². The molecule has 0 spiro atoms. The first-order valence-electron chi connectivity index (χ1n) is 9.95. The molecule has 1 amide bonds. The van der Waals surface area contributed by atoms with E-state index in [2.05, 4.69) is 17.4 Å². The monoisotopic (exact) mass is 438 g/mol. The number of rotatable bonds is 6. The number of nitrogens with two attached hydrogens (primary N) is 1. The molecule has 0 saturated heterocycles. The van der Waals surface area contributed by atoms with Crippen LogP contribution in [-0.2, 0) is 4.74 Å². The van der Waals surface area contributed by atoms with Crippen LogP contribution in [-0.4, -0.2) is 35.6 Å². The lowest BCUT2D eigenvalue weighted by atomic mass is 9.98. The van der Waals surface area contributed by atoms with Crippen molar-refractivity contribution in [2.75, 3.05) is 18.9 Å². The molecular weight excluding hydrogens is 416 g/mol. The molecule has 2 unspecified atom stereocenters. The topological polar surface area (TPSA) is 105 Å². The molecule has 0 fully saturated rings. The van der Waals surface area contributed by atoms with Crippen LogP contribution in [0.15, 0.2) is 66.7 Å². The lowest BCUT2D eigenvalue weighted by molar-refractivity contribution is 0.0185. The van der Waals surface area contributed by atoms with E-state index in [1.165, 1.54) is 6.07 Å². The number of anilines is 1. The predicted molar refractivity (Wildman–Crippen MR) is 120 cm³/mol. The number of ether oxygens (including phenoxy) is 1. The zero-order valence-corrected chi connectivity index (χ0v) is 17.4. The van der Waals surface area contributed by atoms with Gasteiger partial charge in [0, 0.05) is 12.5 Å². The number of hydrogen-bond donors (Lipinski definition) is 4. The van der Waals surface area contributed by atoms with Crippen molar-refractivity contribution in [2.24, 2.45) is 0 Å². The fourth-order valence-electron chi connectivity index (χ4n) is 3.90. The maximum atomic E-state index is 12.2. The lowest BCUT2D eigenvalue weighted by Gasteiger charge is -2.20. The lowest BCUT2D eigenvalue weighted by Crippen LogP contribution is -2.36. The summed E-state index contributed by atoms with van der Waals surface area (Å²) in [6, 6.07) is 20.7. The van der Waals surface area contributed by atoms with Crippen molar-refractivity contribution >= 4 is 23.4 Å². The highest BCUT2D eigenvalue weighted by Gasteiger charge is 2.29. The molecule has 6 nitrogen and oxygen atoms in total. The Bertz CT molecular complexity index is 1060. The molecular formula is C24H23ClN2O4. The third kappa shape index (κ3) is 4.37. The summed E-state index contributed by atoms with van der Waals surface area (Å²) in [7, 11) is 0. The number of halogens is 1. The summed E-state index contributed by atoms with van der Waals surface area (Å²) in [4.78, 5) is 12.2. The Morgan fingerprint density at radius 1 is 1.03 bits per heavy atom. The average molecular weight is 439 g/mol. The summed E-state index contributed by atoms with van der Waals surface area (Å²) in [5.74, 6) is -0.0504. The minimum absolute atomic E-state index is 0.0504. The number of nitrogens with one attached hydrogen (secondary N) is 1. The number of hydrogen-bond acceptors (Lipinski definition) is 5. The van der Waals surface area contributed by atoms with Gasteiger partial charge >= 0.3 is 6.09 Å². The van der Waals surface area contributed by atoms with E-state index in [1.807, 2.05) is 36.4 Å². The second kappa shape index (κ2) is 8.98. The highest BCUT2D eigenvalue weighted by atomic mass is 35.5. The number of nitrogen functional groups attached to an aromatic ring is 1. The number of amides is 1. The summed E-state index contributed by atoms with van der Waals surface area (Å²) in [5, 5.41) is 23.3. The molecule has 1 aliphatic rings. The van der Waals surface area contributed by atoms with Crippen LogP contribution in [0.3, 0.4) is 0 Å². The standard InChI is InChI=1S/C24H23ClN2O4/c25-20-11-14(9-10-21(20)26)23(29)22(28)12-27-24(30)31-13-19-17-7-3-1-5-15(17)16-6-2-4-8-18(16)19/h1-11,19,22-23,28-29H,12-13,26H2,(H,27,30). The van der Waals surface area contributed by atoms with Crippen LogP contribution in [0.1, 0.15) is 28.7 Å². The van der Waals surface area contributed by atoms with Crippen LogP contribution in [0.25, 0.3) is 11.1 Å². The molecule has 0 bridgehead atoms. The Morgan fingerprint density at radius 3 is 2.26 bits per heavy atom. The first kappa shape index (κ1) is 21.2. The zero-order valence-electron chi connectivity index (χ0n) is 16.7. The molecule has 0 saturated carbocycles. The van der Waals surface area contributed by atoms with Gasteiger partial charge in [-0.15, -0.1) is 0 Å². The Labute approximate surface area is 185 Å². The Kier molecular flexibility index (Phi) is 6.13. The average Bonchev–Trinajstić information content (AvgIpc) is 3.11. The fourth-order valence-corrected chi connectivity index (χ4v) is 4.09. The minimum Gasteiger partial charge on any atom is -0.449 e. The number of carbonyl (C=O) groups excluding carboxylic acids is 1. The normalized spacial score (nSPS) is 14.4. The molecule has 0 heterocycles. The van der Waals surface area contributed by atoms with Crippen molar-refractivity contribution in [3.63, 3.8) is 0 Å². The van der Waals surface area contributed by atoms with Crippen LogP contribution >= 0.6 is 11.6 Å². The Hall–Kier alpha value is -3.06. The number of aliphatic hydroxyl groups excluding tert-OH is 2. The van der Waals surface area contributed by atoms with Gasteiger partial charge in [-0.2, -0.15) is 0 Å². The van der Waals surface area contributed by atoms with Gasteiger partial charge < -0.3 is 26.0 Å². The molecule has 31 heavy (non-hydrogen) atoms. The highest BCUT2D eigenvalue weighted by Crippen LogP contribution is 2.44. The van der Waals surface area contributed by atoms with Gasteiger partial charge in [0.05, 0.1) is 10.7 Å². The van der Waals surface area contributed by atoms with Gasteiger partial charge in [0.2, 0.25) is 0 Å². The summed E-state index contributed by atoms with van der Waals surface area (Å²) in [5.41, 5.74) is 11.0. The summed E-state index contributed by atoms with van der Waals surface area (Å²) < 4.78 is 5.43. The van der Waals surface area contributed by atoms with Crippen molar-refractivity contribution in [1.82, 2.24) is 5.32 Å². The van der Waals surface area contributed by atoms with Crippen LogP contribution in [0.5, 0.6) is 0 Å². The van der Waals surface area contributed by atoms with Crippen LogP contribution < -0.4 is 11.1 Å². The molecule has 2 atom stereocenters. The highest BCUT2D eigenvalue weighted by molar-refractivity contribution is 6.33. The molecule has 160 valence electrons. The quantitative estimate of drug-likeness (QED) is 0.437. The SMILES string of the molecule is Nc1ccc(C(O)C(O)CNC(=O)OCC2c3ccccc3-c3ccccc32)cc1Cl. The number of aliphatic hydroxyl groups is 2. The molecule has 0 radical (unpaired) electrons. The number of benzene rings is 3. The maximum Gasteiger partial charge on any atom is 0.407 e. The molecule has 7 heteroatoms. The van der Waals surface area contributed by atoms with Gasteiger partial charge in [0.1, 0.15) is 18.8 Å². The third-order valence-electron chi connectivity index (χ3n) is 5.53. The van der Waals surface area contributed by atoms with Gasteiger partial charge in [-0.05, 0) is 39.9 Å². The van der Waals surface area contributed by atoms with E-state index in [-0.39, 0.29) is 24.1 Å². The first-order chi connectivity index (χ1) is 15.0. The van der Waals surface area contributed by atoms with Gasteiger partial charge in [0.15, 0.2) is 0 Å². The molecule has 0 aromatic heterocycles. The van der Waals surface area contributed by atoms with Crippen LogP contribution in [0.2, 0.25) is 5.02 Å². The predicted octanol–water partition coefficient (Wildman–Crippen LogP) is 3.86. The molecule has 1 aliphatic carbocycles. The van der Waals surface area contributed by atoms with Crippen LogP contribution in [0.4, 0.5) is 10.5 Å². The van der Waals surface area contributed by atoms with Crippen molar-refractivity contribution in [3.8, 4) is 11.1 Å². The van der Waals surface area contributed by atoms with Gasteiger partial charge in [-0.1, -0.05) is 66.2 Å². The fraction of sp³-hybridized carbons (Fsp3) is 0.208. The minimum atomic E-state index is -1.24. The molecule has 5 N–H and O–H groups in total. The second-order valence-electron chi connectivity index (χ2n) is 7.50. The van der Waals surface area contributed by atoms with E-state index in [1.54, 1.807) is 12.1 Å². The van der Waals surface area contributed by atoms with E-state index in [9.17, 15) is 15.0 Å². The second-order valence-corrected chi connectivity index (χ2v) is 7.91. The van der Waals surface area contributed by atoms with E-state index < -0.39 is 18.3 Å². The summed E-state index contributed by atoms with van der Waals surface area (Å²) in [6.45, 7) is -0.00802. The maximum absolute atomic E-state index is 12.2. The Balaban J connectivity index is 1.34. The van der Waals surface area contributed by atoms with E-state index >= 15 is 0 Å². The smallest absolute Gasteiger partial charge is 0.407 e. The van der Waals surface area contributed by atoms with Crippen molar-refractivity contribution in [3.05, 3.63) is 88.4 Å². The number of carbonyl (C=O) groups is 1. The third-order valence-corrected chi connectivity index (χ3v) is 5.86. The largest absolute Gasteiger partial charge is 0.449 e. The van der Waals surface area contributed by atoms with E-state index in [0.717, 1.165) is 22.3 Å². The summed E-state index contributed by atoms with van der Waals surface area (Å²) in [6.07, 6.45) is -3.13. The molecule has 4 rings (SSSR count). The van der Waals surface area contributed by atoms with Gasteiger partial charge in [-0.3, -0.25) is 0 Å². The van der Waals surface area contributed by atoms with Crippen LogP contribution in [0, 0.1) is 0 Å². The van der Waals surface area contributed by atoms with Crippen molar-refractivity contribution < 1.29 is 19.7 Å². The molecule has 0 aliphatic heterocycles. The molecule has 3 aromatic rings. The number of alkyl carbamates (subject to hydrolysis) is 1. The molecule has 3 aromatic carbocycles. The van der Waals surface area contributed by atoms with Gasteiger partial charge in [0.25, 0.3) is 0 Å². The van der Waals surface area contributed by atoms with Gasteiger partial charge in [-0.25, -0.2) is 4.79 Å². The zero-order chi connectivity index (χ0) is 22.0. The summed E-state index contributed by atoms with van der Waals surface area (Å²) >= 11 is 5.96. The number of fused-ring (bicyclic) bond motifs is 3. The van der Waals surface area contributed by atoms with Crippen molar-refractivity contribution in [2.45, 2.75) is 18.1 Å². The Morgan fingerprint density at radius 2 is 1.65 bits per heavy atom. The van der Waals surface area contributed by atoms with E-state index in [0.29, 0.717) is 11.3 Å². The first-order valence-corrected chi connectivity index (χ1v) is 10.3. The van der Waals surface area contributed by atoms with Crippen molar-refractivity contribution in [1.29, 1.82) is 0 Å².